The van der Waals surface area contributed by atoms with Gasteiger partial charge in [-0.15, -0.1) is 10.2 Å². The van der Waals surface area contributed by atoms with Crippen molar-refractivity contribution in [2.45, 2.75) is 31.5 Å². The number of benzene rings is 3. The van der Waals surface area contributed by atoms with Gasteiger partial charge >= 0.3 is 0 Å². The first kappa shape index (κ1) is 27.0. The average molecular weight is 568 g/mol. The van der Waals surface area contributed by atoms with Crippen molar-refractivity contribution in [3.05, 3.63) is 84.7 Å². The zero-order valence-electron chi connectivity index (χ0n) is 22.9. The normalized spacial score (nSPS) is 15.4. The molecule has 0 bridgehead atoms. The Hall–Kier alpha value is -5.17. The molecule has 13 heteroatoms. The molecule has 1 N–H and O–H groups in total. The van der Waals surface area contributed by atoms with E-state index in [-0.39, 0.29) is 24.5 Å². The van der Waals surface area contributed by atoms with Gasteiger partial charge in [-0.05, 0) is 53.1 Å². The van der Waals surface area contributed by atoms with E-state index in [0.29, 0.717) is 46.9 Å². The second-order valence-electron chi connectivity index (χ2n) is 9.80. The van der Waals surface area contributed by atoms with Crippen LogP contribution in [0.2, 0.25) is 0 Å². The first-order valence-electron chi connectivity index (χ1n) is 13.6. The minimum Gasteiger partial charge on any atom is -0.494 e. The van der Waals surface area contributed by atoms with Gasteiger partial charge in [-0.3, -0.25) is 14.5 Å². The van der Waals surface area contributed by atoms with Gasteiger partial charge in [-0.1, -0.05) is 47.7 Å². The van der Waals surface area contributed by atoms with Crippen LogP contribution in [0, 0.1) is 0 Å². The lowest BCUT2D eigenvalue weighted by atomic mass is 10.0. The molecule has 0 saturated carbocycles. The number of anilines is 1. The van der Waals surface area contributed by atoms with Crippen LogP contribution in [0.3, 0.4) is 0 Å². The van der Waals surface area contributed by atoms with Crippen molar-refractivity contribution in [3.63, 3.8) is 0 Å². The summed E-state index contributed by atoms with van der Waals surface area (Å²) in [6.07, 6.45) is 3.20. The molecule has 1 saturated heterocycles. The molecule has 3 heterocycles. The number of para-hydroxylation sites is 1. The number of tetrazole rings is 1. The summed E-state index contributed by atoms with van der Waals surface area (Å²) < 4.78 is 14.4. The standard InChI is InChI=1S/C29H29N9O4/c1-41-26-16-21(13-14-25(26)37-19-31-33-35-37)38(27(39)18-36-24-12-6-5-11-23(24)32-34-36)28(20-8-3-2-4-9-20)29(40)30-17-22-10-7-15-42-22/h2-6,8-9,11-14,16,19,22,28H,7,10,15,17-18H2,1H3,(H,30,40)/t22-,28-/m0/s1. The Morgan fingerprint density at radius 2 is 1.93 bits per heavy atom. The Kier molecular flexibility index (Phi) is 7.81. The van der Waals surface area contributed by atoms with Crippen molar-refractivity contribution in [2.24, 2.45) is 0 Å². The lowest BCUT2D eigenvalue weighted by molar-refractivity contribution is -0.127. The van der Waals surface area contributed by atoms with Crippen LogP contribution in [0.15, 0.2) is 79.1 Å². The second kappa shape index (κ2) is 12.1. The van der Waals surface area contributed by atoms with E-state index < -0.39 is 6.04 Å². The molecule has 0 radical (unpaired) electrons. The number of aromatic nitrogens is 7. The molecule has 6 rings (SSSR count). The molecule has 0 spiro atoms. The summed E-state index contributed by atoms with van der Waals surface area (Å²) in [6.45, 7) is 0.867. The first-order chi connectivity index (χ1) is 20.6. The SMILES string of the molecule is COc1cc(N(C(=O)Cn2nnc3ccccc32)[C@H](C(=O)NC[C@@H]2CCCO2)c2ccccc2)ccc1-n1cnnn1. The van der Waals surface area contributed by atoms with Crippen LogP contribution >= 0.6 is 0 Å². The van der Waals surface area contributed by atoms with Crippen LogP contribution in [0.1, 0.15) is 24.4 Å². The average Bonchev–Trinajstić information content (AvgIpc) is 3.82. The number of ether oxygens (including phenoxy) is 2. The topological polar surface area (TPSA) is 142 Å². The van der Waals surface area contributed by atoms with Crippen LogP contribution in [0.5, 0.6) is 5.75 Å². The highest BCUT2D eigenvalue weighted by Crippen LogP contribution is 2.34. The highest BCUT2D eigenvalue weighted by Gasteiger charge is 2.34. The number of fused-ring (bicyclic) bond motifs is 1. The number of rotatable bonds is 10. The third-order valence-electron chi connectivity index (χ3n) is 7.16. The molecule has 2 aromatic heterocycles. The minimum absolute atomic E-state index is 0.0632. The van der Waals surface area contributed by atoms with Crippen LogP contribution in [-0.4, -0.2) is 73.4 Å². The Bertz CT molecular complexity index is 1670. The number of hydrogen-bond acceptors (Lipinski definition) is 9. The van der Waals surface area contributed by atoms with Gasteiger partial charge in [0.15, 0.2) is 0 Å². The highest BCUT2D eigenvalue weighted by molar-refractivity contribution is 6.01. The van der Waals surface area contributed by atoms with E-state index in [9.17, 15) is 9.59 Å². The van der Waals surface area contributed by atoms with Crippen LogP contribution in [-0.2, 0) is 20.9 Å². The Morgan fingerprint density at radius 3 is 2.69 bits per heavy atom. The van der Waals surface area contributed by atoms with Crippen LogP contribution in [0.25, 0.3) is 16.7 Å². The number of amides is 2. The molecule has 1 aliphatic rings. The van der Waals surface area contributed by atoms with Gasteiger partial charge in [-0.2, -0.15) is 4.68 Å². The van der Waals surface area contributed by atoms with Crippen LogP contribution < -0.4 is 15.0 Å². The molecule has 0 unspecified atom stereocenters. The molecular formula is C29H29N9O4. The maximum absolute atomic E-state index is 14.3. The van der Waals surface area contributed by atoms with Gasteiger partial charge in [0.2, 0.25) is 11.8 Å². The molecule has 1 fully saturated rings. The van der Waals surface area contributed by atoms with Gasteiger partial charge in [0.1, 0.15) is 35.9 Å². The number of nitrogens with one attached hydrogen (secondary N) is 1. The van der Waals surface area contributed by atoms with Gasteiger partial charge in [0.25, 0.3) is 0 Å². The Balaban J connectivity index is 1.42. The summed E-state index contributed by atoms with van der Waals surface area (Å²) in [5.74, 6) is -0.295. The van der Waals surface area contributed by atoms with Gasteiger partial charge in [0, 0.05) is 24.9 Å². The zero-order valence-corrected chi connectivity index (χ0v) is 22.9. The molecule has 1 aliphatic heterocycles. The van der Waals surface area contributed by atoms with E-state index in [1.54, 1.807) is 18.2 Å². The summed E-state index contributed by atoms with van der Waals surface area (Å²) in [5, 5.41) is 22.8. The maximum Gasteiger partial charge on any atom is 0.249 e. The Morgan fingerprint density at radius 1 is 1.10 bits per heavy atom. The van der Waals surface area contributed by atoms with E-state index in [2.05, 4.69) is 31.2 Å². The van der Waals surface area contributed by atoms with Crippen LogP contribution in [0.4, 0.5) is 5.69 Å². The van der Waals surface area contributed by atoms with Gasteiger partial charge < -0.3 is 14.8 Å². The molecule has 42 heavy (non-hydrogen) atoms. The van der Waals surface area contributed by atoms with E-state index in [4.69, 9.17) is 9.47 Å². The predicted molar refractivity (Wildman–Crippen MR) is 152 cm³/mol. The summed E-state index contributed by atoms with van der Waals surface area (Å²) in [4.78, 5) is 29.8. The molecular weight excluding hydrogens is 538 g/mol. The molecule has 2 amide bonds. The lowest BCUT2D eigenvalue weighted by Crippen LogP contribution is -2.46. The van der Waals surface area contributed by atoms with E-state index >= 15 is 0 Å². The molecule has 3 aromatic carbocycles. The fourth-order valence-corrected chi connectivity index (χ4v) is 5.12. The van der Waals surface area contributed by atoms with Crippen molar-refractivity contribution in [2.75, 3.05) is 25.2 Å². The summed E-state index contributed by atoms with van der Waals surface area (Å²) in [7, 11) is 1.52. The second-order valence-corrected chi connectivity index (χ2v) is 9.80. The molecule has 5 aromatic rings. The number of carbonyl (C=O) groups excluding carboxylic acids is 2. The first-order valence-corrected chi connectivity index (χ1v) is 13.6. The van der Waals surface area contributed by atoms with E-state index in [1.807, 2.05) is 54.6 Å². The number of hydrogen-bond donors (Lipinski definition) is 1. The van der Waals surface area contributed by atoms with Crippen molar-refractivity contribution in [1.82, 2.24) is 40.5 Å². The van der Waals surface area contributed by atoms with Crippen molar-refractivity contribution >= 4 is 28.5 Å². The van der Waals surface area contributed by atoms with E-state index in [1.165, 1.54) is 27.7 Å². The minimum atomic E-state index is -1.00. The Labute approximate surface area is 241 Å². The van der Waals surface area contributed by atoms with Crippen molar-refractivity contribution < 1.29 is 19.1 Å². The smallest absolute Gasteiger partial charge is 0.249 e. The summed E-state index contributed by atoms with van der Waals surface area (Å²) in [5.41, 5.74) is 3.02. The number of methoxy groups -OCH3 is 1. The molecule has 0 aliphatic carbocycles. The molecule has 214 valence electrons. The van der Waals surface area contributed by atoms with Gasteiger partial charge in [-0.25, -0.2) is 4.68 Å². The summed E-state index contributed by atoms with van der Waals surface area (Å²) in [6, 6.07) is 20.8. The largest absolute Gasteiger partial charge is 0.494 e. The monoisotopic (exact) mass is 567 g/mol. The molecule has 13 nitrogen and oxygen atoms in total. The molecule has 2 atom stereocenters. The number of nitrogens with zero attached hydrogens (tertiary/aromatic N) is 8. The predicted octanol–water partition coefficient (Wildman–Crippen LogP) is 2.49. The van der Waals surface area contributed by atoms with Crippen molar-refractivity contribution in [3.8, 4) is 11.4 Å². The maximum atomic E-state index is 14.3. The fourth-order valence-electron chi connectivity index (χ4n) is 5.12. The third-order valence-corrected chi connectivity index (χ3v) is 7.16. The zero-order chi connectivity index (χ0) is 28.9. The lowest BCUT2D eigenvalue weighted by Gasteiger charge is -2.32. The third kappa shape index (κ3) is 5.54. The van der Waals surface area contributed by atoms with E-state index in [0.717, 1.165) is 12.8 Å². The fraction of sp³-hybridized carbons (Fsp3) is 0.276. The van der Waals surface area contributed by atoms with Crippen molar-refractivity contribution in [1.29, 1.82) is 0 Å². The quantitative estimate of drug-likeness (QED) is 0.269. The summed E-state index contributed by atoms with van der Waals surface area (Å²) >= 11 is 0. The van der Waals surface area contributed by atoms with Gasteiger partial charge in [0.05, 0.1) is 18.7 Å². The number of carbonyl (C=O) groups is 2. The highest BCUT2D eigenvalue weighted by atomic mass is 16.5.